The summed E-state index contributed by atoms with van der Waals surface area (Å²) in [6, 6.07) is 7.63. The van der Waals surface area contributed by atoms with Crippen LogP contribution in [0.1, 0.15) is 6.92 Å². The molecule has 7 nitrogen and oxygen atoms in total. The number of hydrogen-bond acceptors (Lipinski definition) is 7. The normalized spacial score (nSPS) is 11.4. The van der Waals surface area contributed by atoms with Gasteiger partial charge in [-0.25, -0.2) is 9.37 Å². The van der Waals surface area contributed by atoms with Crippen LogP contribution in [0.15, 0.2) is 41.8 Å². The molecule has 0 fully saturated rings. The van der Waals surface area contributed by atoms with Crippen molar-refractivity contribution in [3.63, 3.8) is 0 Å². The maximum atomic E-state index is 13.3. The lowest BCUT2D eigenvalue weighted by atomic mass is 10.0. The summed E-state index contributed by atoms with van der Waals surface area (Å²) in [6.07, 6.45) is 3.16. The Kier molecular flexibility index (Phi) is 6.63. The zero-order valence-electron chi connectivity index (χ0n) is 13.8. The van der Waals surface area contributed by atoms with Crippen LogP contribution in [0.4, 0.5) is 4.39 Å². The average molecular weight is 374 g/mol. The summed E-state index contributed by atoms with van der Waals surface area (Å²) in [5.74, 6) is -3.00. The van der Waals surface area contributed by atoms with Gasteiger partial charge in [0.2, 0.25) is 0 Å². The summed E-state index contributed by atoms with van der Waals surface area (Å²) in [7, 11) is 0. The monoisotopic (exact) mass is 374 g/mol. The summed E-state index contributed by atoms with van der Waals surface area (Å²) in [5.41, 5.74) is 0.465. The van der Waals surface area contributed by atoms with Crippen molar-refractivity contribution >= 4 is 29.2 Å². The van der Waals surface area contributed by atoms with Gasteiger partial charge in [-0.1, -0.05) is 17.8 Å². The standard InChI is InChI=1S/C17H15FN4O3S/c1-11(20)14(8-19)15(23)9-25-16(24)10-26-17-21-5-6-22(17)13-4-2-3-12(18)7-13/h2-7,14,20H,9-10H2,1H3. The number of rotatable bonds is 8. The van der Waals surface area contributed by atoms with E-state index in [1.807, 2.05) is 0 Å². The maximum Gasteiger partial charge on any atom is 0.316 e. The molecule has 0 amide bonds. The number of hydrogen-bond donors (Lipinski definition) is 1. The lowest BCUT2D eigenvalue weighted by Gasteiger charge is -2.09. The van der Waals surface area contributed by atoms with Crippen molar-refractivity contribution in [1.29, 1.82) is 10.7 Å². The fourth-order valence-electron chi connectivity index (χ4n) is 2.03. The molecule has 1 heterocycles. The number of benzene rings is 1. The maximum absolute atomic E-state index is 13.3. The van der Waals surface area contributed by atoms with Gasteiger partial charge in [-0.3, -0.25) is 14.2 Å². The first kappa shape index (κ1) is 19.3. The quantitative estimate of drug-likeness (QED) is 0.432. The SMILES string of the molecule is CC(=N)C(C#N)C(=O)COC(=O)CSc1nccn1-c1cccc(F)c1. The fraction of sp³-hybridized carbons (Fsp3) is 0.235. The highest BCUT2D eigenvalue weighted by molar-refractivity contribution is 7.99. The van der Waals surface area contributed by atoms with Crippen molar-refractivity contribution < 1.29 is 18.7 Å². The largest absolute Gasteiger partial charge is 0.457 e. The number of imidazole rings is 1. The van der Waals surface area contributed by atoms with Gasteiger partial charge in [-0.15, -0.1) is 0 Å². The van der Waals surface area contributed by atoms with Crippen LogP contribution >= 0.6 is 11.8 Å². The molecule has 0 saturated carbocycles. The highest BCUT2D eigenvalue weighted by atomic mass is 32.2. The zero-order chi connectivity index (χ0) is 19.1. The molecule has 0 saturated heterocycles. The van der Waals surface area contributed by atoms with Crippen LogP contribution in [-0.4, -0.2) is 39.4 Å². The van der Waals surface area contributed by atoms with Gasteiger partial charge in [-0.05, 0) is 25.1 Å². The molecule has 0 aliphatic heterocycles. The topological polar surface area (TPSA) is 109 Å². The number of ketones is 1. The van der Waals surface area contributed by atoms with Crippen molar-refractivity contribution in [3.8, 4) is 11.8 Å². The molecule has 0 bridgehead atoms. The van der Waals surface area contributed by atoms with E-state index in [0.29, 0.717) is 10.8 Å². The van der Waals surface area contributed by atoms with Gasteiger partial charge in [0.1, 0.15) is 11.7 Å². The molecular weight excluding hydrogens is 359 g/mol. The molecular formula is C17H15FN4O3S. The van der Waals surface area contributed by atoms with Crippen LogP contribution in [0.2, 0.25) is 0 Å². The Labute approximate surface area is 153 Å². The Morgan fingerprint density at radius 1 is 1.50 bits per heavy atom. The summed E-state index contributed by atoms with van der Waals surface area (Å²) >= 11 is 1.07. The Hall–Kier alpha value is -2.99. The fourth-order valence-corrected chi connectivity index (χ4v) is 2.80. The Morgan fingerprint density at radius 3 is 2.92 bits per heavy atom. The summed E-state index contributed by atoms with van der Waals surface area (Å²) in [5, 5.41) is 16.6. The highest BCUT2D eigenvalue weighted by Gasteiger charge is 2.21. The van der Waals surface area contributed by atoms with Crippen LogP contribution in [0.3, 0.4) is 0 Å². The van der Waals surface area contributed by atoms with E-state index in [9.17, 15) is 14.0 Å². The molecule has 0 radical (unpaired) electrons. The van der Waals surface area contributed by atoms with E-state index in [2.05, 4.69) is 4.98 Å². The molecule has 1 aromatic heterocycles. The van der Waals surface area contributed by atoms with E-state index in [-0.39, 0.29) is 11.5 Å². The molecule has 1 N–H and O–H groups in total. The minimum Gasteiger partial charge on any atom is -0.457 e. The number of aromatic nitrogens is 2. The summed E-state index contributed by atoms with van der Waals surface area (Å²) < 4.78 is 19.8. The molecule has 1 aromatic carbocycles. The molecule has 2 rings (SSSR count). The van der Waals surface area contributed by atoms with Gasteiger partial charge in [0.15, 0.2) is 17.5 Å². The molecule has 1 atom stereocenters. The van der Waals surface area contributed by atoms with E-state index in [1.165, 1.54) is 25.3 Å². The smallest absolute Gasteiger partial charge is 0.316 e. The number of nitriles is 1. The highest BCUT2D eigenvalue weighted by Crippen LogP contribution is 2.21. The molecule has 0 spiro atoms. The van der Waals surface area contributed by atoms with Crippen molar-refractivity contribution in [1.82, 2.24) is 9.55 Å². The van der Waals surface area contributed by atoms with Crippen LogP contribution in [-0.2, 0) is 14.3 Å². The number of nitrogens with one attached hydrogen (secondary N) is 1. The first-order chi connectivity index (χ1) is 12.4. The predicted octanol–water partition coefficient (Wildman–Crippen LogP) is 2.40. The molecule has 26 heavy (non-hydrogen) atoms. The predicted molar refractivity (Wildman–Crippen MR) is 92.7 cm³/mol. The third-order valence-corrected chi connectivity index (χ3v) is 4.21. The van der Waals surface area contributed by atoms with Gasteiger partial charge in [0.25, 0.3) is 0 Å². The first-order valence-electron chi connectivity index (χ1n) is 7.47. The van der Waals surface area contributed by atoms with Crippen molar-refractivity contribution in [2.24, 2.45) is 5.92 Å². The third kappa shape index (κ3) is 5.00. The van der Waals surface area contributed by atoms with Gasteiger partial charge >= 0.3 is 5.97 Å². The zero-order valence-corrected chi connectivity index (χ0v) is 14.6. The number of carbonyl (C=O) groups is 2. The van der Waals surface area contributed by atoms with Crippen molar-refractivity contribution in [2.45, 2.75) is 12.1 Å². The van der Waals surface area contributed by atoms with Crippen molar-refractivity contribution in [2.75, 3.05) is 12.4 Å². The van der Waals surface area contributed by atoms with E-state index in [0.717, 1.165) is 11.8 Å². The van der Waals surface area contributed by atoms with Gasteiger partial charge in [0, 0.05) is 18.1 Å². The van der Waals surface area contributed by atoms with Gasteiger partial charge < -0.3 is 10.1 Å². The molecule has 0 aliphatic carbocycles. The lowest BCUT2D eigenvalue weighted by Crippen LogP contribution is -2.26. The van der Waals surface area contributed by atoms with E-state index in [1.54, 1.807) is 29.0 Å². The summed E-state index contributed by atoms with van der Waals surface area (Å²) in [4.78, 5) is 27.6. The van der Waals surface area contributed by atoms with Crippen LogP contribution in [0.25, 0.3) is 5.69 Å². The molecule has 9 heteroatoms. The first-order valence-corrected chi connectivity index (χ1v) is 8.46. The second kappa shape index (κ2) is 8.92. The van der Waals surface area contributed by atoms with Crippen LogP contribution in [0.5, 0.6) is 0 Å². The van der Waals surface area contributed by atoms with Gasteiger partial charge in [0.05, 0.1) is 17.5 Å². The van der Waals surface area contributed by atoms with Gasteiger partial charge in [-0.2, -0.15) is 5.26 Å². The second-order valence-corrected chi connectivity index (χ2v) is 6.16. The summed E-state index contributed by atoms with van der Waals surface area (Å²) in [6.45, 7) is 0.780. The molecule has 0 aliphatic rings. The number of halogens is 1. The number of nitrogens with zero attached hydrogens (tertiary/aromatic N) is 3. The van der Waals surface area contributed by atoms with Crippen LogP contribution in [0, 0.1) is 28.5 Å². The van der Waals surface area contributed by atoms with E-state index >= 15 is 0 Å². The van der Waals surface area contributed by atoms with Crippen molar-refractivity contribution in [3.05, 3.63) is 42.5 Å². The minimum absolute atomic E-state index is 0.0972. The average Bonchev–Trinajstić information content (AvgIpc) is 3.07. The Bertz CT molecular complexity index is 875. The lowest BCUT2D eigenvalue weighted by molar-refractivity contribution is -0.145. The number of ether oxygens (including phenoxy) is 1. The number of Topliss-reactive ketones (excluding diaryl/α,β-unsaturated/α-hetero) is 1. The second-order valence-electron chi connectivity index (χ2n) is 5.22. The molecule has 134 valence electrons. The minimum atomic E-state index is -1.21. The van der Waals surface area contributed by atoms with E-state index in [4.69, 9.17) is 15.4 Å². The number of esters is 1. The number of thioether (sulfide) groups is 1. The number of carbonyl (C=O) groups excluding carboxylic acids is 2. The third-order valence-electron chi connectivity index (χ3n) is 3.27. The molecule has 1 unspecified atom stereocenters. The molecule has 2 aromatic rings. The Balaban J connectivity index is 1.91. The van der Waals surface area contributed by atoms with Crippen LogP contribution < -0.4 is 0 Å². The Morgan fingerprint density at radius 2 is 2.27 bits per heavy atom. The van der Waals surface area contributed by atoms with E-state index < -0.39 is 30.1 Å².